The first-order valence-electron chi connectivity index (χ1n) is 12.0. The van der Waals surface area contributed by atoms with Crippen LogP contribution in [0.15, 0.2) is 22.8 Å². The highest BCUT2D eigenvalue weighted by Gasteiger charge is 2.36. The summed E-state index contributed by atoms with van der Waals surface area (Å²) in [4.78, 5) is 57.7. The zero-order valence-corrected chi connectivity index (χ0v) is 19.4. The van der Waals surface area contributed by atoms with E-state index in [0.29, 0.717) is 58.7 Å². The standard InChI is InChI=1S/C24H34N4O5/c1-25-10-8-18(23(25)31)16-22(30)28-9-2-4-19(17-28)24(32)27-13-11-26(12-14-27)21(29)7-6-20-5-3-15-33-20/h3,5,15,18-19H,2,4,6-14,16-17H2,1H3. The molecular weight excluding hydrogens is 424 g/mol. The molecule has 3 aliphatic heterocycles. The largest absolute Gasteiger partial charge is 0.469 e. The molecule has 3 fully saturated rings. The summed E-state index contributed by atoms with van der Waals surface area (Å²) in [6.07, 6.45) is 5.13. The summed E-state index contributed by atoms with van der Waals surface area (Å²) < 4.78 is 5.29. The number of amides is 4. The predicted molar refractivity (Wildman–Crippen MR) is 120 cm³/mol. The number of carbonyl (C=O) groups excluding carboxylic acids is 4. The van der Waals surface area contributed by atoms with Crippen molar-refractivity contribution >= 4 is 23.6 Å². The first-order chi connectivity index (χ1) is 15.9. The Morgan fingerprint density at radius 1 is 0.970 bits per heavy atom. The molecule has 4 rings (SSSR count). The van der Waals surface area contributed by atoms with E-state index in [1.54, 1.807) is 23.1 Å². The number of furan rings is 1. The van der Waals surface area contributed by atoms with E-state index < -0.39 is 0 Å². The molecule has 2 atom stereocenters. The maximum absolute atomic E-state index is 13.1. The number of hydrogen-bond acceptors (Lipinski definition) is 5. The van der Waals surface area contributed by atoms with E-state index in [1.165, 1.54) is 0 Å². The second kappa shape index (κ2) is 10.4. The molecule has 9 heteroatoms. The van der Waals surface area contributed by atoms with Crippen LogP contribution in [0.25, 0.3) is 0 Å². The van der Waals surface area contributed by atoms with Gasteiger partial charge < -0.3 is 24.0 Å². The van der Waals surface area contributed by atoms with E-state index >= 15 is 0 Å². The molecule has 9 nitrogen and oxygen atoms in total. The molecule has 0 aliphatic carbocycles. The molecule has 0 aromatic carbocycles. The summed E-state index contributed by atoms with van der Waals surface area (Å²) in [7, 11) is 1.77. The van der Waals surface area contributed by atoms with Gasteiger partial charge in [0, 0.05) is 78.0 Å². The van der Waals surface area contributed by atoms with Gasteiger partial charge in [-0.3, -0.25) is 19.2 Å². The molecule has 1 aromatic heterocycles. The van der Waals surface area contributed by atoms with Crippen LogP contribution in [-0.2, 0) is 25.6 Å². The van der Waals surface area contributed by atoms with Crippen molar-refractivity contribution in [3.63, 3.8) is 0 Å². The van der Waals surface area contributed by atoms with Crippen molar-refractivity contribution in [3.8, 4) is 0 Å². The number of aryl methyl sites for hydroxylation is 1. The number of rotatable bonds is 6. The Hall–Kier alpha value is -2.84. The SMILES string of the molecule is CN1CCC(CC(=O)N2CCCC(C(=O)N3CCN(C(=O)CCc4ccco4)CC3)C2)C1=O. The Labute approximate surface area is 194 Å². The molecule has 3 aliphatic rings. The van der Waals surface area contributed by atoms with E-state index in [4.69, 9.17) is 4.42 Å². The lowest BCUT2D eigenvalue weighted by Gasteiger charge is -2.39. The molecule has 0 spiro atoms. The number of piperazine rings is 1. The molecule has 0 radical (unpaired) electrons. The highest BCUT2D eigenvalue weighted by atomic mass is 16.3. The van der Waals surface area contributed by atoms with Gasteiger partial charge in [0.25, 0.3) is 0 Å². The Balaban J connectivity index is 1.22. The number of carbonyl (C=O) groups is 4. The van der Waals surface area contributed by atoms with Gasteiger partial charge in [0.2, 0.25) is 23.6 Å². The zero-order chi connectivity index (χ0) is 23.4. The molecule has 0 N–H and O–H groups in total. The molecule has 1 aromatic rings. The van der Waals surface area contributed by atoms with Crippen molar-refractivity contribution in [3.05, 3.63) is 24.2 Å². The minimum Gasteiger partial charge on any atom is -0.469 e. The fourth-order valence-corrected chi connectivity index (χ4v) is 5.11. The van der Waals surface area contributed by atoms with Gasteiger partial charge in [-0.15, -0.1) is 0 Å². The third kappa shape index (κ3) is 5.57. The normalized spacial score (nSPS) is 23.8. The lowest BCUT2D eigenvalue weighted by molar-refractivity contribution is -0.146. The summed E-state index contributed by atoms with van der Waals surface area (Å²) in [5, 5.41) is 0. The molecule has 3 saturated heterocycles. The fourth-order valence-electron chi connectivity index (χ4n) is 5.11. The second-order valence-corrected chi connectivity index (χ2v) is 9.41. The molecular formula is C24H34N4O5. The van der Waals surface area contributed by atoms with Crippen LogP contribution in [0.3, 0.4) is 0 Å². The predicted octanol–water partition coefficient (Wildman–Crippen LogP) is 0.990. The first-order valence-corrected chi connectivity index (χ1v) is 12.0. The topological polar surface area (TPSA) is 94.4 Å². The van der Waals surface area contributed by atoms with Crippen molar-refractivity contribution in [1.29, 1.82) is 0 Å². The van der Waals surface area contributed by atoms with Crippen LogP contribution in [-0.4, -0.2) is 96.1 Å². The lowest BCUT2D eigenvalue weighted by atomic mass is 9.94. The van der Waals surface area contributed by atoms with Crippen molar-refractivity contribution in [2.45, 2.75) is 38.5 Å². The summed E-state index contributed by atoms with van der Waals surface area (Å²) in [5.41, 5.74) is 0. The minimum atomic E-state index is -0.225. The van der Waals surface area contributed by atoms with Crippen LogP contribution >= 0.6 is 0 Å². The average molecular weight is 459 g/mol. The molecule has 0 bridgehead atoms. The first kappa shape index (κ1) is 23.3. The van der Waals surface area contributed by atoms with Gasteiger partial charge in [-0.25, -0.2) is 0 Å². The molecule has 33 heavy (non-hydrogen) atoms. The van der Waals surface area contributed by atoms with Gasteiger partial charge >= 0.3 is 0 Å². The average Bonchev–Trinajstić information content (AvgIpc) is 3.48. The van der Waals surface area contributed by atoms with Crippen LogP contribution < -0.4 is 0 Å². The molecule has 4 heterocycles. The quantitative estimate of drug-likeness (QED) is 0.634. The van der Waals surface area contributed by atoms with Crippen molar-refractivity contribution in [2.75, 3.05) is 52.9 Å². The number of hydrogen-bond donors (Lipinski definition) is 0. The Kier molecular flexibility index (Phi) is 7.35. The third-order valence-electron chi connectivity index (χ3n) is 7.19. The molecule has 4 amide bonds. The van der Waals surface area contributed by atoms with Gasteiger partial charge in [-0.1, -0.05) is 0 Å². The van der Waals surface area contributed by atoms with Crippen LogP contribution in [0.2, 0.25) is 0 Å². The highest BCUT2D eigenvalue weighted by molar-refractivity contribution is 5.87. The van der Waals surface area contributed by atoms with Crippen LogP contribution in [0.5, 0.6) is 0 Å². The third-order valence-corrected chi connectivity index (χ3v) is 7.19. The summed E-state index contributed by atoms with van der Waals surface area (Å²) in [6.45, 7) is 3.91. The Bertz CT molecular complexity index is 862. The second-order valence-electron chi connectivity index (χ2n) is 9.41. The minimum absolute atomic E-state index is 0.0203. The smallest absolute Gasteiger partial charge is 0.227 e. The maximum Gasteiger partial charge on any atom is 0.227 e. The maximum atomic E-state index is 13.1. The van der Waals surface area contributed by atoms with E-state index in [9.17, 15) is 19.2 Å². The van der Waals surface area contributed by atoms with E-state index in [-0.39, 0.29) is 41.9 Å². The number of nitrogens with zero attached hydrogens (tertiary/aromatic N) is 4. The molecule has 2 unspecified atom stereocenters. The summed E-state index contributed by atoms with van der Waals surface area (Å²) >= 11 is 0. The molecule has 180 valence electrons. The summed E-state index contributed by atoms with van der Waals surface area (Å²) in [6, 6.07) is 3.68. The monoisotopic (exact) mass is 458 g/mol. The summed E-state index contributed by atoms with van der Waals surface area (Å²) in [5.74, 6) is 0.560. The van der Waals surface area contributed by atoms with Crippen molar-refractivity contribution < 1.29 is 23.6 Å². The van der Waals surface area contributed by atoms with Gasteiger partial charge in [-0.05, 0) is 31.4 Å². The van der Waals surface area contributed by atoms with Gasteiger partial charge in [0.1, 0.15) is 5.76 Å². The van der Waals surface area contributed by atoms with Crippen molar-refractivity contribution in [2.24, 2.45) is 11.8 Å². The van der Waals surface area contributed by atoms with Crippen LogP contribution in [0, 0.1) is 11.8 Å². The Morgan fingerprint density at radius 2 is 1.73 bits per heavy atom. The zero-order valence-electron chi connectivity index (χ0n) is 19.4. The van der Waals surface area contributed by atoms with Gasteiger partial charge in [-0.2, -0.15) is 0 Å². The van der Waals surface area contributed by atoms with Gasteiger partial charge in [0.15, 0.2) is 0 Å². The lowest BCUT2D eigenvalue weighted by Crippen LogP contribution is -2.54. The number of likely N-dealkylation sites (tertiary alicyclic amines) is 2. The van der Waals surface area contributed by atoms with Crippen molar-refractivity contribution in [1.82, 2.24) is 19.6 Å². The van der Waals surface area contributed by atoms with E-state index in [0.717, 1.165) is 25.0 Å². The number of piperidine rings is 1. The molecule has 0 saturated carbocycles. The fraction of sp³-hybridized carbons (Fsp3) is 0.667. The van der Waals surface area contributed by atoms with E-state index in [2.05, 4.69) is 0 Å². The van der Waals surface area contributed by atoms with Gasteiger partial charge in [0.05, 0.1) is 12.2 Å². The highest BCUT2D eigenvalue weighted by Crippen LogP contribution is 2.24. The van der Waals surface area contributed by atoms with Crippen LogP contribution in [0.4, 0.5) is 0 Å². The Morgan fingerprint density at radius 3 is 2.39 bits per heavy atom. The van der Waals surface area contributed by atoms with E-state index in [1.807, 2.05) is 21.9 Å². The van der Waals surface area contributed by atoms with Crippen LogP contribution in [0.1, 0.15) is 37.9 Å².